The van der Waals surface area contributed by atoms with Crippen LogP contribution in [0, 0.1) is 6.16 Å². The lowest BCUT2D eigenvalue weighted by molar-refractivity contribution is 0.454. The molecule has 0 saturated carbocycles. The Labute approximate surface area is 420 Å². The van der Waals surface area contributed by atoms with Gasteiger partial charge in [0.2, 0.25) is 0 Å². The van der Waals surface area contributed by atoms with E-state index in [4.69, 9.17) is 18.1 Å². The Morgan fingerprint density at radius 1 is 0.324 bits per heavy atom. The fourth-order valence-electron chi connectivity index (χ4n) is 8.02. The van der Waals surface area contributed by atoms with Crippen LogP contribution in [0.15, 0.2) is 72.8 Å². The van der Waals surface area contributed by atoms with Gasteiger partial charge in [-0.1, -0.05) is 228 Å². The van der Waals surface area contributed by atoms with Gasteiger partial charge >= 0.3 is 0 Å². The Kier molecular flexibility index (Phi) is 18.1. The molecule has 6 heteroatoms. The van der Waals surface area contributed by atoms with Crippen LogP contribution < -0.4 is 18.1 Å². The van der Waals surface area contributed by atoms with Crippen molar-refractivity contribution in [3.63, 3.8) is 0 Å². The van der Waals surface area contributed by atoms with Crippen molar-refractivity contribution in [2.75, 3.05) is 6.16 Å². The minimum Gasteiger partial charge on any atom is -0.438 e. The summed E-state index contributed by atoms with van der Waals surface area (Å²) in [7, 11) is -2.76. The first-order valence-corrected chi connectivity index (χ1v) is 28.1. The Bertz CT molecular complexity index is 1960. The number of benzene rings is 4. The third-order valence-corrected chi connectivity index (χ3v) is 15.5. The molecular formula is C62H95O4P2. The number of rotatable bonds is 15. The summed E-state index contributed by atoms with van der Waals surface area (Å²) in [5, 5.41) is 0. The van der Waals surface area contributed by atoms with E-state index in [1.807, 2.05) is 0 Å². The van der Waals surface area contributed by atoms with Crippen molar-refractivity contribution in [1.29, 1.82) is 0 Å². The highest BCUT2D eigenvalue weighted by atomic mass is 31.2. The quantitative estimate of drug-likeness (QED) is 0.0879. The summed E-state index contributed by atoms with van der Waals surface area (Å²) < 4.78 is 28.4. The van der Waals surface area contributed by atoms with E-state index in [9.17, 15) is 0 Å². The second-order valence-corrected chi connectivity index (χ2v) is 30.4. The topological polar surface area (TPSA) is 36.9 Å². The van der Waals surface area contributed by atoms with Crippen LogP contribution >= 0.6 is 16.8 Å². The first-order chi connectivity index (χ1) is 30.8. The van der Waals surface area contributed by atoms with Gasteiger partial charge in [-0.2, -0.15) is 0 Å². The summed E-state index contributed by atoms with van der Waals surface area (Å²) >= 11 is 0. The SMILES string of the molecule is CC(C)(C)c1ccc(OP([CH]CCCCCP(Oc2ccc(C(C)(C)C)cc2C(C)(C)C)Oc2ccc(C(C)(C)C)cc2C(C)(C)C)Oc2ccc(C(C)(C)C)cc2C(C)(C)C)c(C(C)(C)C)c1. The number of hydrogen-bond donors (Lipinski definition) is 0. The van der Waals surface area contributed by atoms with Gasteiger partial charge in [0, 0.05) is 28.4 Å². The minimum atomic E-state index is -1.44. The van der Waals surface area contributed by atoms with E-state index in [1.54, 1.807) is 0 Å². The van der Waals surface area contributed by atoms with Crippen LogP contribution in [0.25, 0.3) is 0 Å². The smallest absolute Gasteiger partial charge is 0.294 e. The van der Waals surface area contributed by atoms with Gasteiger partial charge in [0.25, 0.3) is 16.8 Å². The third-order valence-electron chi connectivity index (χ3n) is 12.7. The zero-order valence-electron chi connectivity index (χ0n) is 47.6. The molecule has 4 aromatic carbocycles. The standard InChI is InChI=1S/C62H95O4P2/c1-55(2,3)43-29-33-51(47(39-43)59(13,14)15)63-67(64-52-34-30-44(56(4,5)6)40-48(52)60(16,17)18)37-27-25-26-28-38-68(65-53-35-31-45(57(7,8)9)41-49(53)61(19,20)21)66-54-36-32-46(58(10,11)12)42-50(54)62(22,23)24/h29-37,39-42H,25-28,38H2,1-24H3. The Balaban J connectivity index is 1.65. The molecule has 0 atom stereocenters. The Morgan fingerprint density at radius 2 is 0.588 bits per heavy atom. The highest BCUT2D eigenvalue weighted by molar-refractivity contribution is 7.50. The molecule has 0 heterocycles. The lowest BCUT2D eigenvalue weighted by Gasteiger charge is -2.31. The van der Waals surface area contributed by atoms with Gasteiger partial charge in [0.1, 0.15) is 23.0 Å². The normalized spacial score (nSPS) is 13.6. The average Bonchev–Trinajstić information content (AvgIpc) is 3.16. The maximum atomic E-state index is 7.12. The lowest BCUT2D eigenvalue weighted by atomic mass is 9.80. The zero-order chi connectivity index (χ0) is 51.6. The van der Waals surface area contributed by atoms with Gasteiger partial charge in [-0.15, -0.1) is 0 Å². The molecule has 0 aliphatic rings. The summed E-state index contributed by atoms with van der Waals surface area (Å²) in [6.45, 7) is 54.6. The van der Waals surface area contributed by atoms with Crippen LogP contribution in [-0.2, 0) is 43.3 Å². The minimum absolute atomic E-state index is 0.0241. The van der Waals surface area contributed by atoms with Crippen molar-refractivity contribution < 1.29 is 18.1 Å². The van der Waals surface area contributed by atoms with Crippen LogP contribution in [0.1, 0.15) is 236 Å². The van der Waals surface area contributed by atoms with Gasteiger partial charge < -0.3 is 18.1 Å². The molecule has 0 aliphatic carbocycles. The maximum Gasteiger partial charge on any atom is 0.294 e. The van der Waals surface area contributed by atoms with Gasteiger partial charge in [-0.05, 0) is 103 Å². The lowest BCUT2D eigenvalue weighted by Crippen LogP contribution is -2.18. The largest absolute Gasteiger partial charge is 0.438 e. The van der Waals surface area contributed by atoms with Crippen LogP contribution in [0.3, 0.4) is 0 Å². The molecular weight excluding hydrogens is 871 g/mol. The highest BCUT2D eigenvalue weighted by Gasteiger charge is 2.31. The van der Waals surface area contributed by atoms with Gasteiger partial charge in [-0.3, -0.25) is 0 Å². The number of hydrogen-bond acceptors (Lipinski definition) is 4. The average molecular weight is 966 g/mol. The molecule has 0 N–H and O–H groups in total. The molecule has 0 saturated heterocycles. The third kappa shape index (κ3) is 16.2. The molecule has 0 fully saturated rings. The van der Waals surface area contributed by atoms with E-state index < -0.39 is 16.8 Å². The molecule has 0 aliphatic heterocycles. The summed E-state index contributed by atoms with van der Waals surface area (Å²) in [5.41, 5.74) is 9.73. The summed E-state index contributed by atoms with van der Waals surface area (Å²) in [5.74, 6) is 3.63. The Morgan fingerprint density at radius 3 is 0.838 bits per heavy atom. The molecule has 0 amide bonds. The van der Waals surface area contributed by atoms with E-state index in [1.165, 1.54) is 44.5 Å². The van der Waals surface area contributed by atoms with Crippen molar-refractivity contribution >= 4 is 16.8 Å². The first kappa shape index (κ1) is 57.5. The predicted molar refractivity (Wildman–Crippen MR) is 299 cm³/mol. The molecule has 4 rings (SSSR count). The molecule has 0 spiro atoms. The summed E-state index contributed by atoms with van der Waals surface area (Å²) in [4.78, 5) is 0. The van der Waals surface area contributed by atoms with Crippen LogP contribution in [0.5, 0.6) is 23.0 Å². The predicted octanol–water partition coefficient (Wildman–Crippen LogP) is 20.0. The van der Waals surface area contributed by atoms with Crippen molar-refractivity contribution in [1.82, 2.24) is 0 Å². The van der Waals surface area contributed by atoms with Crippen LogP contribution in [-0.4, -0.2) is 6.16 Å². The monoisotopic (exact) mass is 966 g/mol. The van der Waals surface area contributed by atoms with Crippen molar-refractivity contribution in [2.45, 2.75) is 235 Å². The molecule has 0 bridgehead atoms. The Hall–Kier alpha value is -3.06. The van der Waals surface area contributed by atoms with E-state index in [2.05, 4.69) is 245 Å². The highest BCUT2D eigenvalue weighted by Crippen LogP contribution is 2.51. The maximum absolute atomic E-state index is 7.12. The second kappa shape index (κ2) is 21.3. The molecule has 0 aromatic heterocycles. The van der Waals surface area contributed by atoms with Gasteiger partial charge in [0.15, 0.2) is 0 Å². The van der Waals surface area contributed by atoms with Crippen LogP contribution in [0.2, 0.25) is 0 Å². The first-order valence-electron chi connectivity index (χ1n) is 25.5. The molecule has 0 unspecified atom stereocenters. The van der Waals surface area contributed by atoms with E-state index in [-0.39, 0.29) is 43.3 Å². The van der Waals surface area contributed by atoms with Gasteiger partial charge in [-0.25, -0.2) is 0 Å². The fourth-order valence-corrected chi connectivity index (χ4v) is 10.8. The van der Waals surface area contributed by atoms with Crippen LogP contribution in [0.4, 0.5) is 0 Å². The van der Waals surface area contributed by atoms with E-state index in [0.29, 0.717) is 0 Å². The van der Waals surface area contributed by atoms with Crippen molar-refractivity contribution in [2.24, 2.45) is 0 Å². The molecule has 4 aromatic rings. The van der Waals surface area contributed by atoms with Gasteiger partial charge in [0.05, 0.1) is 6.16 Å². The zero-order valence-corrected chi connectivity index (χ0v) is 49.4. The van der Waals surface area contributed by atoms with E-state index >= 15 is 0 Å². The molecule has 377 valence electrons. The molecule has 1 radical (unpaired) electrons. The van der Waals surface area contributed by atoms with Crippen molar-refractivity contribution in [3.05, 3.63) is 123 Å². The summed E-state index contributed by atoms with van der Waals surface area (Å²) in [6, 6.07) is 27.1. The second-order valence-electron chi connectivity index (χ2n) is 27.6. The molecule has 4 nitrogen and oxygen atoms in total. The van der Waals surface area contributed by atoms with Crippen molar-refractivity contribution in [3.8, 4) is 23.0 Å². The van der Waals surface area contributed by atoms with E-state index in [0.717, 1.165) is 54.8 Å². The molecule has 68 heavy (non-hydrogen) atoms. The fraction of sp³-hybridized carbons (Fsp3) is 0.597. The summed E-state index contributed by atoms with van der Waals surface area (Å²) in [6.07, 6.45) is 6.98. The number of unbranched alkanes of at least 4 members (excludes halogenated alkanes) is 3.